The lowest BCUT2D eigenvalue weighted by Crippen LogP contribution is -2.39. The highest BCUT2D eigenvalue weighted by Crippen LogP contribution is 2.26. The Kier molecular flexibility index (Phi) is 6.25. The lowest BCUT2D eigenvalue weighted by Gasteiger charge is -2.35. The van der Waals surface area contributed by atoms with E-state index in [0.717, 1.165) is 5.92 Å². The maximum atomic E-state index is 3.55. The second-order valence-electron chi connectivity index (χ2n) is 6.74. The first-order chi connectivity index (χ1) is 10.1. The van der Waals surface area contributed by atoms with E-state index in [9.17, 15) is 0 Å². The summed E-state index contributed by atoms with van der Waals surface area (Å²) in [4.78, 5) is 2.69. The Labute approximate surface area is 130 Å². The molecule has 1 aromatic carbocycles. The predicted molar refractivity (Wildman–Crippen MR) is 91.8 cm³/mol. The molecule has 2 atom stereocenters. The zero-order valence-electron chi connectivity index (χ0n) is 14.3. The molecule has 1 N–H and O–H groups in total. The van der Waals surface area contributed by atoms with Crippen molar-refractivity contribution in [3.63, 3.8) is 0 Å². The maximum Gasteiger partial charge on any atom is 0.0322 e. The first kappa shape index (κ1) is 16.5. The summed E-state index contributed by atoms with van der Waals surface area (Å²) in [5, 5.41) is 3.55. The van der Waals surface area contributed by atoms with Gasteiger partial charge in [-0.2, -0.15) is 0 Å². The van der Waals surface area contributed by atoms with Crippen LogP contribution in [0.5, 0.6) is 0 Å². The van der Waals surface area contributed by atoms with Crippen molar-refractivity contribution in [2.24, 2.45) is 5.92 Å². The summed E-state index contributed by atoms with van der Waals surface area (Å²) in [6.07, 6.45) is 3.95. The first-order valence-electron chi connectivity index (χ1n) is 8.63. The number of nitrogens with zero attached hydrogens (tertiary/aromatic N) is 1. The summed E-state index contributed by atoms with van der Waals surface area (Å²) < 4.78 is 0. The van der Waals surface area contributed by atoms with Crippen LogP contribution in [0.15, 0.2) is 18.2 Å². The molecule has 0 amide bonds. The van der Waals surface area contributed by atoms with Crippen molar-refractivity contribution in [1.29, 1.82) is 0 Å². The van der Waals surface area contributed by atoms with Crippen molar-refractivity contribution in [3.05, 3.63) is 34.9 Å². The molecule has 0 bridgehead atoms. The maximum absolute atomic E-state index is 3.55. The highest BCUT2D eigenvalue weighted by atomic mass is 15.2. The average molecular weight is 288 g/mol. The average Bonchev–Trinajstić information content (AvgIpc) is 2.49. The summed E-state index contributed by atoms with van der Waals surface area (Å²) in [7, 11) is 0. The third kappa shape index (κ3) is 4.55. The minimum absolute atomic E-state index is 0.520. The molecule has 1 aliphatic heterocycles. The number of hydrogen-bond donors (Lipinski definition) is 1. The van der Waals surface area contributed by atoms with Gasteiger partial charge in [-0.1, -0.05) is 30.7 Å². The molecule has 2 unspecified atom stereocenters. The zero-order valence-corrected chi connectivity index (χ0v) is 14.3. The Bertz CT molecular complexity index is 435. The van der Waals surface area contributed by atoms with Crippen LogP contribution in [-0.4, -0.2) is 31.1 Å². The van der Waals surface area contributed by atoms with E-state index in [1.165, 1.54) is 62.1 Å². The van der Waals surface area contributed by atoms with E-state index in [4.69, 9.17) is 0 Å². The highest BCUT2D eigenvalue weighted by Gasteiger charge is 2.22. The fourth-order valence-electron chi connectivity index (χ4n) is 3.55. The van der Waals surface area contributed by atoms with Crippen molar-refractivity contribution in [3.8, 4) is 0 Å². The van der Waals surface area contributed by atoms with Crippen LogP contribution in [0, 0.1) is 19.8 Å². The lowest BCUT2D eigenvalue weighted by molar-refractivity contribution is 0.162. The van der Waals surface area contributed by atoms with Crippen LogP contribution in [0.1, 0.15) is 55.8 Å². The molecule has 118 valence electrons. The normalized spacial score (nSPS) is 20.7. The Morgan fingerprint density at radius 3 is 2.81 bits per heavy atom. The molecule has 2 nitrogen and oxygen atoms in total. The number of hydrogen-bond acceptors (Lipinski definition) is 2. The first-order valence-corrected chi connectivity index (χ1v) is 8.63. The molecule has 0 aliphatic carbocycles. The summed E-state index contributed by atoms with van der Waals surface area (Å²) in [6.45, 7) is 14.0. The summed E-state index contributed by atoms with van der Waals surface area (Å²) in [6, 6.07) is 7.39. The number of nitrogens with one attached hydrogen (secondary N) is 1. The summed E-state index contributed by atoms with van der Waals surface area (Å²) >= 11 is 0. The quantitative estimate of drug-likeness (QED) is 0.848. The fraction of sp³-hybridized carbons (Fsp3) is 0.684. The molecule has 1 aliphatic rings. The third-order valence-corrected chi connectivity index (χ3v) is 4.84. The van der Waals surface area contributed by atoms with Crippen molar-refractivity contribution in [2.45, 2.75) is 53.0 Å². The van der Waals surface area contributed by atoms with Crippen LogP contribution >= 0.6 is 0 Å². The van der Waals surface area contributed by atoms with E-state index < -0.39 is 0 Å². The van der Waals surface area contributed by atoms with E-state index in [1.807, 2.05) is 0 Å². The molecule has 0 spiro atoms. The van der Waals surface area contributed by atoms with Gasteiger partial charge in [0.05, 0.1) is 0 Å². The van der Waals surface area contributed by atoms with Gasteiger partial charge in [0, 0.05) is 12.6 Å². The van der Waals surface area contributed by atoms with E-state index in [0.29, 0.717) is 6.04 Å². The minimum atomic E-state index is 0.520. The van der Waals surface area contributed by atoms with Gasteiger partial charge in [-0.3, -0.25) is 4.90 Å². The molecule has 1 aromatic rings. The van der Waals surface area contributed by atoms with E-state index in [2.05, 4.69) is 56.1 Å². The second-order valence-corrected chi connectivity index (χ2v) is 6.74. The van der Waals surface area contributed by atoms with Crippen LogP contribution in [0.25, 0.3) is 0 Å². The second kappa shape index (κ2) is 7.95. The van der Waals surface area contributed by atoms with Gasteiger partial charge >= 0.3 is 0 Å². The summed E-state index contributed by atoms with van der Waals surface area (Å²) in [5.41, 5.74) is 4.31. The SMILES string of the molecule is CCCN(CC1CCCNC1)C(C)c1cc(C)ccc1C. The fourth-order valence-corrected chi connectivity index (χ4v) is 3.55. The van der Waals surface area contributed by atoms with Gasteiger partial charge < -0.3 is 5.32 Å². The predicted octanol–water partition coefficient (Wildman–Crippen LogP) is 4.08. The van der Waals surface area contributed by atoms with Gasteiger partial charge in [0.15, 0.2) is 0 Å². The molecule has 1 heterocycles. The van der Waals surface area contributed by atoms with E-state index >= 15 is 0 Å². The standard InChI is InChI=1S/C19H32N2/c1-5-11-21(14-18-7-6-10-20-13-18)17(4)19-12-15(2)8-9-16(19)3/h8-9,12,17-18,20H,5-7,10-11,13-14H2,1-4H3. The van der Waals surface area contributed by atoms with Gasteiger partial charge in [-0.15, -0.1) is 0 Å². The van der Waals surface area contributed by atoms with E-state index in [-0.39, 0.29) is 0 Å². The van der Waals surface area contributed by atoms with Gasteiger partial charge in [0.1, 0.15) is 0 Å². The van der Waals surface area contributed by atoms with Crippen LogP contribution in [0.2, 0.25) is 0 Å². The monoisotopic (exact) mass is 288 g/mol. The Hall–Kier alpha value is -0.860. The number of aryl methyl sites for hydroxylation is 2. The molecule has 0 radical (unpaired) electrons. The van der Waals surface area contributed by atoms with Crippen molar-refractivity contribution in [2.75, 3.05) is 26.2 Å². The van der Waals surface area contributed by atoms with Crippen LogP contribution < -0.4 is 5.32 Å². The van der Waals surface area contributed by atoms with Gasteiger partial charge in [0.25, 0.3) is 0 Å². The Balaban J connectivity index is 2.10. The van der Waals surface area contributed by atoms with Crippen LogP contribution in [-0.2, 0) is 0 Å². The lowest BCUT2D eigenvalue weighted by atomic mass is 9.95. The van der Waals surface area contributed by atoms with Gasteiger partial charge in [-0.05, 0) is 76.7 Å². The molecule has 2 rings (SSSR count). The molecule has 0 saturated carbocycles. The van der Waals surface area contributed by atoms with Gasteiger partial charge in [-0.25, -0.2) is 0 Å². The molecular formula is C19H32N2. The topological polar surface area (TPSA) is 15.3 Å². The minimum Gasteiger partial charge on any atom is -0.316 e. The largest absolute Gasteiger partial charge is 0.316 e. The molecule has 1 saturated heterocycles. The van der Waals surface area contributed by atoms with Crippen LogP contribution in [0.4, 0.5) is 0 Å². The van der Waals surface area contributed by atoms with Crippen molar-refractivity contribution in [1.82, 2.24) is 10.2 Å². The van der Waals surface area contributed by atoms with E-state index in [1.54, 1.807) is 0 Å². The Morgan fingerprint density at radius 1 is 1.33 bits per heavy atom. The highest BCUT2D eigenvalue weighted by molar-refractivity contribution is 5.32. The molecular weight excluding hydrogens is 256 g/mol. The molecule has 1 fully saturated rings. The van der Waals surface area contributed by atoms with Gasteiger partial charge in [0.2, 0.25) is 0 Å². The number of piperidine rings is 1. The third-order valence-electron chi connectivity index (χ3n) is 4.84. The van der Waals surface area contributed by atoms with Crippen molar-refractivity contribution < 1.29 is 0 Å². The Morgan fingerprint density at radius 2 is 2.14 bits per heavy atom. The number of rotatable bonds is 6. The molecule has 2 heteroatoms. The molecule has 21 heavy (non-hydrogen) atoms. The van der Waals surface area contributed by atoms with Crippen LogP contribution in [0.3, 0.4) is 0 Å². The smallest absolute Gasteiger partial charge is 0.0322 e. The summed E-state index contributed by atoms with van der Waals surface area (Å²) in [5.74, 6) is 0.817. The number of benzene rings is 1. The molecule has 0 aromatic heterocycles. The zero-order chi connectivity index (χ0) is 15.2. The van der Waals surface area contributed by atoms with Crippen molar-refractivity contribution >= 4 is 0 Å².